The van der Waals surface area contributed by atoms with E-state index in [2.05, 4.69) is 21.2 Å². The summed E-state index contributed by atoms with van der Waals surface area (Å²) < 4.78 is 29.0. The van der Waals surface area contributed by atoms with E-state index in [1.807, 2.05) is 32.0 Å². The quantitative estimate of drug-likeness (QED) is 0.811. The molecule has 0 aliphatic heterocycles. The first kappa shape index (κ1) is 16.1. The van der Waals surface area contributed by atoms with Gasteiger partial charge in [0, 0.05) is 10.0 Å². The lowest BCUT2D eigenvalue weighted by Gasteiger charge is -2.21. The summed E-state index contributed by atoms with van der Waals surface area (Å²) in [5.74, 6) is -1.56. The molecule has 21 heavy (non-hydrogen) atoms. The van der Waals surface area contributed by atoms with E-state index in [9.17, 15) is 8.78 Å². The van der Waals surface area contributed by atoms with Gasteiger partial charge in [-0.15, -0.1) is 0 Å². The molecule has 0 amide bonds. The van der Waals surface area contributed by atoms with Gasteiger partial charge in [0.25, 0.3) is 0 Å². The average Bonchev–Trinajstić information content (AvgIpc) is 2.44. The molecule has 2 aromatic carbocycles. The van der Waals surface area contributed by atoms with Crippen LogP contribution in [0.25, 0.3) is 0 Å². The molecule has 1 unspecified atom stereocenters. The Morgan fingerprint density at radius 1 is 1.05 bits per heavy atom. The van der Waals surface area contributed by atoms with Crippen molar-refractivity contribution in [2.45, 2.75) is 26.8 Å². The molecule has 112 valence electrons. The van der Waals surface area contributed by atoms with Crippen LogP contribution in [-0.2, 0) is 0 Å². The molecule has 1 atom stereocenters. The van der Waals surface area contributed by atoms with Crippen LogP contribution in [0.15, 0.2) is 34.8 Å². The molecule has 0 radical (unpaired) electrons. The first-order valence-corrected chi connectivity index (χ1v) is 7.69. The molecule has 4 heteroatoms. The molecular formula is C17H18BrF2N. The van der Waals surface area contributed by atoms with Gasteiger partial charge in [-0.1, -0.05) is 47.1 Å². The minimum atomic E-state index is -0.784. The molecule has 0 spiro atoms. The van der Waals surface area contributed by atoms with Crippen LogP contribution in [-0.4, -0.2) is 6.54 Å². The SMILES string of the molecule is CCNC(c1ccc(C)cc1Br)c1ccc(C)c(F)c1F. The molecule has 2 aromatic rings. The third kappa shape index (κ3) is 3.33. The molecule has 0 heterocycles. The van der Waals surface area contributed by atoms with Crippen molar-refractivity contribution in [3.63, 3.8) is 0 Å². The third-order valence-electron chi connectivity index (χ3n) is 3.49. The summed E-state index contributed by atoms with van der Waals surface area (Å²) in [6, 6.07) is 8.74. The fourth-order valence-corrected chi connectivity index (χ4v) is 3.06. The average molecular weight is 354 g/mol. The molecule has 0 saturated heterocycles. The summed E-state index contributed by atoms with van der Waals surface area (Å²) >= 11 is 3.52. The van der Waals surface area contributed by atoms with E-state index >= 15 is 0 Å². The van der Waals surface area contributed by atoms with E-state index in [0.717, 1.165) is 15.6 Å². The van der Waals surface area contributed by atoms with Crippen LogP contribution in [0.3, 0.4) is 0 Å². The van der Waals surface area contributed by atoms with Crippen molar-refractivity contribution in [1.82, 2.24) is 5.32 Å². The Balaban J connectivity index is 2.56. The van der Waals surface area contributed by atoms with Crippen molar-refractivity contribution < 1.29 is 8.78 Å². The number of aryl methyl sites for hydroxylation is 2. The Morgan fingerprint density at radius 2 is 1.71 bits per heavy atom. The van der Waals surface area contributed by atoms with Crippen LogP contribution in [0.5, 0.6) is 0 Å². The first-order chi connectivity index (χ1) is 9.95. The van der Waals surface area contributed by atoms with Gasteiger partial charge in [0.15, 0.2) is 11.6 Å². The second-order valence-corrected chi connectivity index (χ2v) is 5.97. The van der Waals surface area contributed by atoms with Gasteiger partial charge in [-0.05, 0) is 43.1 Å². The predicted octanol–water partition coefficient (Wildman–Crippen LogP) is 5.04. The van der Waals surface area contributed by atoms with Gasteiger partial charge in [-0.3, -0.25) is 0 Å². The van der Waals surface area contributed by atoms with E-state index in [4.69, 9.17) is 0 Å². The summed E-state index contributed by atoms with van der Waals surface area (Å²) in [6.45, 7) is 6.15. The lowest BCUT2D eigenvalue weighted by atomic mass is 9.96. The van der Waals surface area contributed by atoms with Gasteiger partial charge in [0.1, 0.15) is 0 Å². The van der Waals surface area contributed by atoms with E-state index in [1.165, 1.54) is 0 Å². The van der Waals surface area contributed by atoms with Gasteiger partial charge in [0.05, 0.1) is 6.04 Å². The van der Waals surface area contributed by atoms with Gasteiger partial charge < -0.3 is 5.32 Å². The molecule has 0 aromatic heterocycles. The monoisotopic (exact) mass is 353 g/mol. The van der Waals surface area contributed by atoms with Gasteiger partial charge in [-0.2, -0.15) is 0 Å². The zero-order chi connectivity index (χ0) is 15.6. The topological polar surface area (TPSA) is 12.0 Å². The van der Waals surface area contributed by atoms with Crippen molar-refractivity contribution in [1.29, 1.82) is 0 Å². The standard InChI is InChI=1S/C17H18BrF2N/c1-4-21-17(12-7-5-10(2)9-14(12)18)13-8-6-11(3)15(19)16(13)20/h5-9,17,21H,4H2,1-3H3. The molecule has 1 nitrogen and oxygen atoms in total. The summed E-state index contributed by atoms with van der Waals surface area (Å²) in [7, 11) is 0. The van der Waals surface area contributed by atoms with Gasteiger partial charge in [-0.25, -0.2) is 8.78 Å². The molecule has 0 bridgehead atoms. The molecular weight excluding hydrogens is 336 g/mol. The van der Waals surface area contributed by atoms with Crippen LogP contribution < -0.4 is 5.32 Å². The third-order valence-corrected chi connectivity index (χ3v) is 4.18. The Hall–Kier alpha value is -1.26. The normalized spacial score (nSPS) is 12.5. The number of halogens is 3. The van der Waals surface area contributed by atoms with E-state index in [0.29, 0.717) is 17.7 Å². The fourth-order valence-electron chi connectivity index (χ4n) is 2.34. The maximum Gasteiger partial charge on any atom is 0.164 e. The van der Waals surface area contributed by atoms with E-state index in [1.54, 1.807) is 19.1 Å². The van der Waals surface area contributed by atoms with Gasteiger partial charge >= 0.3 is 0 Å². The van der Waals surface area contributed by atoms with Crippen molar-refractivity contribution in [2.75, 3.05) is 6.54 Å². The number of benzene rings is 2. The number of hydrogen-bond donors (Lipinski definition) is 1. The van der Waals surface area contributed by atoms with E-state index < -0.39 is 11.6 Å². The molecule has 0 aliphatic carbocycles. The van der Waals surface area contributed by atoms with Gasteiger partial charge in [0.2, 0.25) is 0 Å². The maximum absolute atomic E-state index is 14.3. The van der Waals surface area contributed by atoms with Crippen molar-refractivity contribution in [2.24, 2.45) is 0 Å². The maximum atomic E-state index is 14.3. The minimum absolute atomic E-state index is 0.314. The highest BCUT2D eigenvalue weighted by Crippen LogP contribution is 2.32. The van der Waals surface area contributed by atoms with Crippen molar-refractivity contribution >= 4 is 15.9 Å². The predicted molar refractivity (Wildman–Crippen MR) is 85.5 cm³/mol. The Bertz CT molecular complexity index is 655. The van der Waals surface area contributed by atoms with Crippen LogP contribution in [0.4, 0.5) is 8.78 Å². The summed E-state index contributed by atoms with van der Waals surface area (Å²) in [4.78, 5) is 0. The highest BCUT2D eigenvalue weighted by Gasteiger charge is 2.22. The summed E-state index contributed by atoms with van der Waals surface area (Å²) in [5.41, 5.74) is 2.64. The smallest absolute Gasteiger partial charge is 0.164 e. The minimum Gasteiger partial charge on any atom is -0.306 e. The fraction of sp³-hybridized carbons (Fsp3) is 0.294. The molecule has 0 saturated carbocycles. The lowest BCUT2D eigenvalue weighted by Crippen LogP contribution is -2.24. The number of hydrogen-bond acceptors (Lipinski definition) is 1. The van der Waals surface area contributed by atoms with Crippen molar-refractivity contribution in [3.05, 3.63) is 68.7 Å². The summed E-state index contributed by atoms with van der Waals surface area (Å²) in [6.07, 6.45) is 0. The first-order valence-electron chi connectivity index (χ1n) is 6.89. The van der Waals surface area contributed by atoms with Crippen LogP contribution >= 0.6 is 15.9 Å². The number of nitrogens with one attached hydrogen (secondary N) is 1. The van der Waals surface area contributed by atoms with E-state index in [-0.39, 0.29) is 6.04 Å². The second kappa shape index (κ2) is 6.67. The summed E-state index contributed by atoms with van der Waals surface area (Å²) in [5, 5.41) is 3.23. The van der Waals surface area contributed by atoms with Crippen LogP contribution in [0.2, 0.25) is 0 Å². The Labute approximate surface area is 132 Å². The number of rotatable bonds is 4. The van der Waals surface area contributed by atoms with Crippen LogP contribution in [0, 0.1) is 25.5 Å². The molecule has 0 aliphatic rings. The Kier molecular flexibility index (Phi) is 5.12. The zero-order valence-corrected chi connectivity index (χ0v) is 13.9. The lowest BCUT2D eigenvalue weighted by molar-refractivity contribution is 0.478. The second-order valence-electron chi connectivity index (χ2n) is 5.12. The van der Waals surface area contributed by atoms with Crippen molar-refractivity contribution in [3.8, 4) is 0 Å². The molecule has 1 N–H and O–H groups in total. The highest BCUT2D eigenvalue weighted by atomic mass is 79.9. The molecule has 0 fully saturated rings. The van der Waals surface area contributed by atoms with Crippen LogP contribution in [0.1, 0.15) is 35.2 Å². The highest BCUT2D eigenvalue weighted by molar-refractivity contribution is 9.10. The Morgan fingerprint density at radius 3 is 2.33 bits per heavy atom. The zero-order valence-electron chi connectivity index (χ0n) is 12.3. The molecule has 2 rings (SSSR count). The largest absolute Gasteiger partial charge is 0.306 e.